The standard InChI is InChI=1S/C9H16O4/c1-3-9(11)13-7-8(10)5-6-12-4-2/h3,8,10H,1,4-7H2,2H3. The van der Waals surface area contributed by atoms with E-state index in [1.165, 1.54) is 0 Å². The predicted molar refractivity (Wildman–Crippen MR) is 48.3 cm³/mol. The summed E-state index contributed by atoms with van der Waals surface area (Å²) in [5.74, 6) is -0.518. The minimum Gasteiger partial charge on any atom is -0.460 e. The summed E-state index contributed by atoms with van der Waals surface area (Å²) >= 11 is 0. The van der Waals surface area contributed by atoms with E-state index in [4.69, 9.17) is 4.74 Å². The van der Waals surface area contributed by atoms with Crippen LogP contribution in [0.5, 0.6) is 0 Å². The van der Waals surface area contributed by atoms with E-state index in [1.54, 1.807) is 0 Å². The van der Waals surface area contributed by atoms with Gasteiger partial charge in [0.05, 0.1) is 6.10 Å². The normalized spacial score (nSPS) is 12.2. The van der Waals surface area contributed by atoms with Crippen LogP contribution in [-0.4, -0.2) is 37.0 Å². The van der Waals surface area contributed by atoms with Gasteiger partial charge in [0.25, 0.3) is 0 Å². The van der Waals surface area contributed by atoms with Gasteiger partial charge in [-0.3, -0.25) is 0 Å². The summed E-state index contributed by atoms with van der Waals surface area (Å²) in [5, 5.41) is 9.23. The highest BCUT2D eigenvalue weighted by Crippen LogP contribution is 1.94. The van der Waals surface area contributed by atoms with Crippen molar-refractivity contribution < 1.29 is 19.4 Å². The molecule has 1 unspecified atom stereocenters. The summed E-state index contributed by atoms with van der Waals surface area (Å²) in [4.78, 5) is 10.6. The van der Waals surface area contributed by atoms with Crippen LogP contribution in [0.1, 0.15) is 13.3 Å². The number of ether oxygens (including phenoxy) is 2. The zero-order valence-electron chi connectivity index (χ0n) is 7.86. The largest absolute Gasteiger partial charge is 0.460 e. The fraction of sp³-hybridized carbons (Fsp3) is 0.667. The first kappa shape index (κ1) is 12.1. The van der Waals surface area contributed by atoms with E-state index in [1.807, 2.05) is 6.92 Å². The molecule has 0 aliphatic carbocycles. The highest BCUT2D eigenvalue weighted by atomic mass is 16.5. The summed E-state index contributed by atoms with van der Waals surface area (Å²) in [5.41, 5.74) is 0. The third-order valence-electron chi connectivity index (χ3n) is 1.38. The molecule has 0 saturated carbocycles. The van der Waals surface area contributed by atoms with Crippen molar-refractivity contribution in [2.24, 2.45) is 0 Å². The number of rotatable bonds is 7. The van der Waals surface area contributed by atoms with Gasteiger partial charge in [-0.1, -0.05) is 6.58 Å². The molecule has 0 aromatic heterocycles. The van der Waals surface area contributed by atoms with Crippen molar-refractivity contribution in [1.82, 2.24) is 0 Å². The lowest BCUT2D eigenvalue weighted by molar-refractivity contribution is -0.141. The Balaban J connectivity index is 3.34. The van der Waals surface area contributed by atoms with E-state index < -0.39 is 12.1 Å². The van der Waals surface area contributed by atoms with Gasteiger partial charge < -0.3 is 14.6 Å². The monoisotopic (exact) mass is 188 g/mol. The average Bonchev–Trinajstić information content (AvgIpc) is 2.14. The third-order valence-corrected chi connectivity index (χ3v) is 1.38. The number of hydrogen-bond acceptors (Lipinski definition) is 4. The van der Waals surface area contributed by atoms with E-state index in [9.17, 15) is 9.90 Å². The fourth-order valence-corrected chi connectivity index (χ4v) is 0.684. The third kappa shape index (κ3) is 7.49. The molecule has 0 aromatic rings. The van der Waals surface area contributed by atoms with Crippen molar-refractivity contribution in [3.05, 3.63) is 12.7 Å². The topological polar surface area (TPSA) is 55.8 Å². The minimum absolute atomic E-state index is 0.00206. The van der Waals surface area contributed by atoms with Gasteiger partial charge in [0.15, 0.2) is 0 Å². The lowest BCUT2D eigenvalue weighted by atomic mass is 10.3. The first-order chi connectivity index (χ1) is 6.20. The maximum Gasteiger partial charge on any atom is 0.330 e. The Morgan fingerprint density at radius 1 is 1.69 bits per heavy atom. The molecule has 1 N–H and O–H groups in total. The van der Waals surface area contributed by atoms with Crippen LogP contribution in [0.3, 0.4) is 0 Å². The Morgan fingerprint density at radius 2 is 2.38 bits per heavy atom. The zero-order valence-corrected chi connectivity index (χ0v) is 7.86. The summed E-state index contributed by atoms with van der Waals surface area (Å²) in [7, 11) is 0. The minimum atomic E-state index is -0.657. The summed E-state index contributed by atoms with van der Waals surface area (Å²) in [6, 6.07) is 0. The molecule has 0 rings (SSSR count). The van der Waals surface area contributed by atoms with Crippen LogP contribution in [-0.2, 0) is 14.3 Å². The first-order valence-corrected chi connectivity index (χ1v) is 4.25. The van der Waals surface area contributed by atoms with Crippen molar-refractivity contribution in [3.8, 4) is 0 Å². The molecule has 0 saturated heterocycles. The predicted octanol–water partition coefficient (Wildman–Crippen LogP) is 0.503. The molecular weight excluding hydrogens is 172 g/mol. The maximum atomic E-state index is 10.6. The lowest BCUT2D eigenvalue weighted by Crippen LogP contribution is -2.19. The molecule has 0 aliphatic heterocycles. The molecule has 0 heterocycles. The van der Waals surface area contributed by atoms with Gasteiger partial charge in [-0.05, 0) is 13.3 Å². The fourth-order valence-electron chi connectivity index (χ4n) is 0.684. The van der Waals surface area contributed by atoms with Crippen molar-refractivity contribution in [3.63, 3.8) is 0 Å². The second-order valence-corrected chi connectivity index (χ2v) is 2.47. The first-order valence-electron chi connectivity index (χ1n) is 4.25. The van der Waals surface area contributed by atoms with Gasteiger partial charge in [0, 0.05) is 19.3 Å². The van der Waals surface area contributed by atoms with Crippen molar-refractivity contribution in [1.29, 1.82) is 0 Å². The van der Waals surface area contributed by atoms with Crippen LogP contribution < -0.4 is 0 Å². The van der Waals surface area contributed by atoms with E-state index in [0.717, 1.165) is 6.08 Å². The van der Waals surface area contributed by atoms with Gasteiger partial charge in [0.2, 0.25) is 0 Å². The zero-order chi connectivity index (χ0) is 10.1. The van der Waals surface area contributed by atoms with Gasteiger partial charge in [0.1, 0.15) is 6.61 Å². The van der Waals surface area contributed by atoms with Crippen LogP contribution in [0.15, 0.2) is 12.7 Å². The highest BCUT2D eigenvalue weighted by Gasteiger charge is 2.05. The van der Waals surface area contributed by atoms with Crippen LogP contribution >= 0.6 is 0 Å². The Hall–Kier alpha value is -0.870. The molecule has 0 fully saturated rings. The van der Waals surface area contributed by atoms with Crippen molar-refractivity contribution in [2.45, 2.75) is 19.4 Å². The Kier molecular flexibility index (Phi) is 7.24. The summed E-state index contributed by atoms with van der Waals surface area (Å²) in [6.45, 7) is 6.21. The number of carbonyl (C=O) groups is 1. The van der Waals surface area contributed by atoms with Gasteiger partial charge >= 0.3 is 5.97 Å². The van der Waals surface area contributed by atoms with Gasteiger partial charge in [-0.25, -0.2) is 4.79 Å². The van der Waals surface area contributed by atoms with E-state index in [-0.39, 0.29) is 6.61 Å². The maximum absolute atomic E-state index is 10.6. The Labute approximate surface area is 78.2 Å². The van der Waals surface area contributed by atoms with E-state index >= 15 is 0 Å². The van der Waals surface area contributed by atoms with Gasteiger partial charge in [-0.2, -0.15) is 0 Å². The molecule has 0 aromatic carbocycles. The molecule has 0 bridgehead atoms. The molecule has 76 valence electrons. The molecule has 0 aliphatic rings. The molecular formula is C9H16O4. The second kappa shape index (κ2) is 7.76. The molecule has 0 radical (unpaired) electrons. The molecule has 4 heteroatoms. The molecule has 0 spiro atoms. The van der Waals surface area contributed by atoms with Crippen LogP contribution in [0, 0.1) is 0 Å². The lowest BCUT2D eigenvalue weighted by Gasteiger charge is -2.09. The number of esters is 1. The molecule has 1 atom stereocenters. The second-order valence-electron chi connectivity index (χ2n) is 2.47. The van der Waals surface area contributed by atoms with Gasteiger partial charge in [-0.15, -0.1) is 0 Å². The van der Waals surface area contributed by atoms with E-state index in [2.05, 4.69) is 11.3 Å². The average molecular weight is 188 g/mol. The Morgan fingerprint density at radius 3 is 2.92 bits per heavy atom. The summed E-state index contributed by atoms with van der Waals surface area (Å²) < 4.78 is 9.64. The van der Waals surface area contributed by atoms with E-state index in [0.29, 0.717) is 19.6 Å². The highest BCUT2D eigenvalue weighted by molar-refractivity contribution is 5.81. The quantitative estimate of drug-likeness (QED) is 0.359. The van der Waals surface area contributed by atoms with Crippen LogP contribution in [0.4, 0.5) is 0 Å². The number of aliphatic hydroxyl groups excluding tert-OH is 1. The number of aliphatic hydroxyl groups is 1. The SMILES string of the molecule is C=CC(=O)OCC(O)CCOCC. The van der Waals surface area contributed by atoms with Crippen LogP contribution in [0.2, 0.25) is 0 Å². The van der Waals surface area contributed by atoms with Crippen molar-refractivity contribution >= 4 is 5.97 Å². The summed E-state index contributed by atoms with van der Waals surface area (Å²) in [6.07, 6.45) is 0.878. The number of hydrogen-bond donors (Lipinski definition) is 1. The number of carbonyl (C=O) groups excluding carboxylic acids is 1. The van der Waals surface area contributed by atoms with Crippen molar-refractivity contribution in [2.75, 3.05) is 19.8 Å². The smallest absolute Gasteiger partial charge is 0.330 e. The molecule has 13 heavy (non-hydrogen) atoms. The molecule has 0 amide bonds. The Bertz CT molecular complexity index is 156. The van der Waals surface area contributed by atoms with Crippen LogP contribution in [0.25, 0.3) is 0 Å². The molecule has 4 nitrogen and oxygen atoms in total.